The van der Waals surface area contributed by atoms with E-state index in [1.807, 2.05) is 0 Å². The van der Waals surface area contributed by atoms with Crippen LogP contribution >= 0.6 is 0 Å². The van der Waals surface area contributed by atoms with Crippen LogP contribution in [0.1, 0.15) is 44.9 Å². The van der Waals surface area contributed by atoms with Gasteiger partial charge in [0, 0.05) is 0 Å². The molecule has 126 valence electrons. The van der Waals surface area contributed by atoms with Crippen molar-refractivity contribution in [2.45, 2.75) is 50.2 Å². The third kappa shape index (κ3) is 2.74. The molecule has 0 aromatic rings. The number of rotatable bonds is 5. The molecule has 0 aromatic heterocycles. The lowest BCUT2D eigenvalue weighted by Crippen LogP contribution is -2.46. The first kappa shape index (κ1) is 16.1. The van der Waals surface area contributed by atoms with E-state index in [4.69, 9.17) is 0 Å². The zero-order valence-electron chi connectivity index (χ0n) is 12.1. The maximum atomic E-state index is 13.0. The lowest BCUT2D eigenvalue weighted by Gasteiger charge is -2.57. The fourth-order valence-electron chi connectivity index (χ4n) is 5.14. The summed E-state index contributed by atoms with van der Waals surface area (Å²) in [4.78, 5) is 11.1. The summed E-state index contributed by atoms with van der Waals surface area (Å²) in [6.07, 6.45) is 7.22. The molecule has 22 heavy (non-hydrogen) atoms. The van der Waals surface area contributed by atoms with Crippen LogP contribution in [0, 0.1) is 23.2 Å². The summed E-state index contributed by atoms with van der Waals surface area (Å²) in [7, 11) is -6.28. The SMILES string of the molecule is O=C(OCCC12CC3CC(CC(C3)C1)C2)C(F)(F)S(=O)(=O)F. The van der Waals surface area contributed by atoms with Gasteiger partial charge in [-0.25, -0.2) is 4.79 Å². The predicted molar refractivity (Wildman–Crippen MR) is 71.2 cm³/mol. The van der Waals surface area contributed by atoms with E-state index in [1.54, 1.807) is 0 Å². The molecule has 4 aliphatic rings. The summed E-state index contributed by atoms with van der Waals surface area (Å²) in [5.41, 5.74) is 0.0267. The van der Waals surface area contributed by atoms with Crippen LogP contribution in [-0.4, -0.2) is 26.2 Å². The Kier molecular flexibility index (Phi) is 3.73. The van der Waals surface area contributed by atoms with Gasteiger partial charge in [0.25, 0.3) is 0 Å². The van der Waals surface area contributed by atoms with Gasteiger partial charge in [-0.05, 0) is 68.1 Å². The second kappa shape index (κ2) is 5.11. The van der Waals surface area contributed by atoms with Crippen LogP contribution in [0.3, 0.4) is 0 Å². The van der Waals surface area contributed by atoms with E-state index in [1.165, 1.54) is 19.3 Å². The van der Waals surface area contributed by atoms with E-state index >= 15 is 0 Å². The molecule has 0 heterocycles. The van der Waals surface area contributed by atoms with E-state index in [2.05, 4.69) is 4.74 Å². The van der Waals surface area contributed by atoms with Crippen LogP contribution in [0.25, 0.3) is 0 Å². The highest BCUT2D eigenvalue weighted by molar-refractivity contribution is 7.88. The van der Waals surface area contributed by atoms with Gasteiger partial charge in [-0.15, -0.1) is 0 Å². The van der Waals surface area contributed by atoms with E-state index in [9.17, 15) is 25.9 Å². The molecular weight excluding hydrogens is 321 g/mol. The van der Waals surface area contributed by atoms with Gasteiger partial charge >= 0.3 is 21.4 Å². The van der Waals surface area contributed by atoms with Gasteiger partial charge in [0.15, 0.2) is 0 Å². The third-order valence-electron chi connectivity index (χ3n) is 5.57. The van der Waals surface area contributed by atoms with Crippen molar-refractivity contribution in [2.75, 3.05) is 6.61 Å². The summed E-state index contributed by atoms with van der Waals surface area (Å²) in [6.45, 7) is -0.282. The summed E-state index contributed by atoms with van der Waals surface area (Å²) in [6, 6.07) is 0. The molecule has 0 aromatic carbocycles. The molecule has 0 amide bonds. The largest absolute Gasteiger partial charge is 0.470 e. The van der Waals surface area contributed by atoms with E-state index in [0.29, 0.717) is 24.2 Å². The Balaban J connectivity index is 1.57. The minimum Gasteiger partial charge on any atom is -0.460 e. The van der Waals surface area contributed by atoms with Gasteiger partial charge < -0.3 is 4.74 Å². The molecule has 0 radical (unpaired) electrons. The van der Waals surface area contributed by atoms with Crippen LogP contribution in [0.4, 0.5) is 12.7 Å². The van der Waals surface area contributed by atoms with Crippen molar-refractivity contribution in [2.24, 2.45) is 23.2 Å². The maximum Gasteiger partial charge on any atom is 0.470 e. The molecule has 4 aliphatic carbocycles. The summed E-state index contributed by atoms with van der Waals surface area (Å²) >= 11 is 0. The topological polar surface area (TPSA) is 60.4 Å². The molecule has 0 spiro atoms. The Morgan fingerprint density at radius 2 is 1.55 bits per heavy atom. The molecule has 0 atom stereocenters. The van der Waals surface area contributed by atoms with E-state index in [0.717, 1.165) is 19.3 Å². The van der Waals surface area contributed by atoms with Gasteiger partial charge in [-0.1, -0.05) is 3.89 Å². The fraction of sp³-hybridized carbons (Fsp3) is 0.929. The van der Waals surface area contributed by atoms with E-state index in [-0.39, 0.29) is 12.0 Å². The lowest BCUT2D eigenvalue weighted by atomic mass is 9.49. The molecule has 0 aliphatic heterocycles. The predicted octanol–water partition coefficient (Wildman–Crippen LogP) is 3.03. The van der Waals surface area contributed by atoms with Crippen LogP contribution in [0.5, 0.6) is 0 Å². The Morgan fingerprint density at radius 1 is 1.09 bits per heavy atom. The van der Waals surface area contributed by atoms with Crippen molar-refractivity contribution in [1.82, 2.24) is 0 Å². The quantitative estimate of drug-likeness (QED) is 0.570. The molecule has 8 heteroatoms. The Bertz CT molecular complexity index is 537. The number of esters is 1. The second-order valence-electron chi connectivity index (χ2n) is 7.26. The van der Waals surface area contributed by atoms with Gasteiger partial charge in [-0.3, -0.25) is 0 Å². The Morgan fingerprint density at radius 3 is 1.95 bits per heavy atom. The number of carbonyl (C=O) groups excluding carboxylic acids is 1. The minimum atomic E-state index is -6.28. The van der Waals surface area contributed by atoms with Crippen molar-refractivity contribution in [1.29, 1.82) is 0 Å². The smallest absolute Gasteiger partial charge is 0.460 e. The van der Waals surface area contributed by atoms with Crippen molar-refractivity contribution >= 4 is 16.2 Å². The number of hydrogen-bond acceptors (Lipinski definition) is 4. The molecule has 0 unspecified atom stereocenters. The first-order valence-corrected chi connectivity index (χ1v) is 8.99. The summed E-state index contributed by atoms with van der Waals surface area (Å²) in [5, 5.41) is -5.12. The number of carbonyl (C=O) groups is 1. The van der Waals surface area contributed by atoms with E-state index < -0.39 is 21.4 Å². The van der Waals surface area contributed by atoms with Crippen molar-refractivity contribution in [3.8, 4) is 0 Å². The van der Waals surface area contributed by atoms with Gasteiger partial charge in [0.1, 0.15) is 0 Å². The second-order valence-corrected chi connectivity index (χ2v) is 8.65. The number of halogens is 3. The Labute approximate surface area is 127 Å². The van der Waals surface area contributed by atoms with Crippen LogP contribution in [-0.2, 0) is 19.8 Å². The molecule has 4 saturated carbocycles. The number of alkyl halides is 2. The van der Waals surface area contributed by atoms with Gasteiger partial charge in [0.05, 0.1) is 6.61 Å². The monoisotopic (exact) mass is 340 g/mol. The maximum absolute atomic E-state index is 13.0. The number of ether oxygens (including phenoxy) is 1. The first-order chi connectivity index (χ1) is 10.1. The molecule has 4 bridgehead atoms. The van der Waals surface area contributed by atoms with Crippen molar-refractivity contribution in [3.05, 3.63) is 0 Å². The normalized spacial score (nSPS) is 37.3. The Hall–Kier alpha value is -0.790. The highest BCUT2D eigenvalue weighted by Crippen LogP contribution is 2.61. The van der Waals surface area contributed by atoms with Crippen LogP contribution in [0.15, 0.2) is 0 Å². The molecule has 4 fully saturated rings. The standard InChI is InChI=1S/C14H19F3O4S/c15-14(16,22(17,19)20)12(18)21-2-1-13-6-9-3-10(7-13)5-11(4-9)8-13/h9-11H,1-8H2. The number of hydrogen-bond donors (Lipinski definition) is 0. The van der Waals surface area contributed by atoms with Gasteiger partial charge in [-0.2, -0.15) is 17.2 Å². The highest BCUT2D eigenvalue weighted by Gasteiger charge is 2.56. The first-order valence-electron chi connectivity index (χ1n) is 7.61. The minimum absolute atomic E-state index is 0.0267. The average Bonchev–Trinajstić information content (AvgIpc) is 2.35. The summed E-state index contributed by atoms with van der Waals surface area (Å²) < 4.78 is 63.2. The molecule has 4 nitrogen and oxygen atoms in total. The molecule has 0 N–H and O–H groups in total. The molecule has 0 saturated heterocycles. The average molecular weight is 340 g/mol. The van der Waals surface area contributed by atoms with Gasteiger partial charge in [0.2, 0.25) is 0 Å². The zero-order chi connectivity index (χ0) is 16.2. The molecular formula is C14H19F3O4S. The van der Waals surface area contributed by atoms with Crippen molar-refractivity contribution < 1.29 is 30.6 Å². The fourth-order valence-corrected chi connectivity index (χ4v) is 5.40. The van der Waals surface area contributed by atoms with Crippen LogP contribution < -0.4 is 0 Å². The lowest BCUT2D eigenvalue weighted by molar-refractivity contribution is -0.163. The summed E-state index contributed by atoms with van der Waals surface area (Å²) in [5.74, 6) is -0.293. The molecule has 4 rings (SSSR count). The third-order valence-corrected chi connectivity index (χ3v) is 6.35. The van der Waals surface area contributed by atoms with Crippen LogP contribution in [0.2, 0.25) is 0 Å². The zero-order valence-corrected chi connectivity index (χ0v) is 12.9. The van der Waals surface area contributed by atoms with Crippen molar-refractivity contribution in [3.63, 3.8) is 0 Å². The highest BCUT2D eigenvalue weighted by atomic mass is 32.3.